The highest BCUT2D eigenvalue weighted by atomic mass is 35.5. The quantitative estimate of drug-likeness (QED) is 0.874. The van der Waals surface area contributed by atoms with Crippen LogP contribution in [0.3, 0.4) is 0 Å². The molecule has 0 bridgehead atoms. The van der Waals surface area contributed by atoms with Crippen LogP contribution in [0.25, 0.3) is 0 Å². The van der Waals surface area contributed by atoms with Crippen molar-refractivity contribution in [1.29, 1.82) is 0 Å². The topological polar surface area (TPSA) is 49.8 Å². The van der Waals surface area contributed by atoms with Crippen molar-refractivity contribution in [3.05, 3.63) is 33.8 Å². The molecule has 0 heterocycles. The molecular formula is C13H17Cl2NO3. The second-order valence-corrected chi connectivity index (χ2v) is 5.07. The minimum absolute atomic E-state index is 0.106. The first-order valence-electron chi connectivity index (χ1n) is 5.79. The highest BCUT2D eigenvalue weighted by molar-refractivity contribution is 6.36. The molecule has 1 aromatic carbocycles. The lowest BCUT2D eigenvalue weighted by Crippen LogP contribution is -2.37. The fourth-order valence-corrected chi connectivity index (χ4v) is 2.18. The van der Waals surface area contributed by atoms with E-state index in [9.17, 15) is 9.90 Å². The molecule has 0 aliphatic carbocycles. The van der Waals surface area contributed by atoms with E-state index in [4.69, 9.17) is 27.9 Å². The molecule has 0 aliphatic heterocycles. The summed E-state index contributed by atoms with van der Waals surface area (Å²) in [6, 6.07) is 5.11. The number of aliphatic hydroxyl groups excluding tert-OH is 1. The Kier molecular flexibility index (Phi) is 6.58. The van der Waals surface area contributed by atoms with E-state index in [0.29, 0.717) is 15.6 Å². The number of methoxy groups -OCH3 is 1. The highest BCUT2D eigenvalue weighted by Gasteiger charge is 2.16. The summed E-state index contributed by atoms with van der Waals surface area (Å²) in [4.78, 5) is 13.4. The number of carbonyl (C=O) groups is 1. The first-order chi connectivity index (χ1) is 8.95. The Morgan fingerprint density at radius 1 is 1.42 bits per heavy atom. The van der Waals surface area contributed by atoms with E-state index in [1.165, 1.54) is 12.0 Å². The smallest absolute Gasteiger partial charge is 0.226 e. The van der Waals surface area contributed by atoms with E-state index >= 15 is 0 Å². The van der Waals surface area contributed by atoms with Gasteiger partial charge in [-0.1, -0.05) is 29.3 Å². The molecule has 0 aliphatic rings. The summed E-state index contributed by atoms with van der Waals surface area (Å²) in [6.45, 7) is 0.388. The Morgan fingerprint density at radius 2 is 2.00 bits per heavy atom. The van der Waals surface area contributed by atoms with Gasteiger partial charge < -0.3 is 14.7 Å². The number of aliphatic hydroxyl groups is 1. The maximum atomic E-state index is 12.0. The Bertz CT molecular complexity index is 420. The van der Waals surface area contributed by atoms with Gasteiger partial charge in [0.2, 0.25) is 5.91 Å². The van der Waals surface area contributed by atoms with Gasteiger partial charge in [0.1, 0.15) is 0 Å². The molecule has 1 atom stereocenters. The van der Waals surface area contributed by atoms with Crippen LogP contribution in [-0.4, -0.2) is 49.3 Å². The third kappa shape index (κ3) is 4.99. The molecule has 1 rings (SSSR count). The van der Waals surface area contributed by atoms with Gasteiger partial charge in [0.05, 0.1) is 19.1 Å². The monoisotopic (exact) mass is 305 g/mol. The molecule has 0 fully saturated rings. The molecule has 0 aromatic heterocycles. The first-order valence-corrected chi connectivity index (χ1v) is 6.55. The zero-order valence-electron chi connectivity index (χ0n) is 10.9. The molecule has 1 N–H and O–H groups in total. The van der Waals surface area contributed by atoms with E-state index in [0.717, 1.165) is 0 Å². The number of rotatable bonds is 6. The van der Waals surface area contributed by atoms with E-state index < -0.39 is 6.10 Å². The second kappa shape index (κ2) is 7.70. The molecule has 19 heavy (non-hydrogen) atoms. The van der Waals surface area contributed by atoms with Crippen LogP contribution >= 0.6 is 23.2 Å². The second-order valence-electron chi connectivity index (χ2n) is 4.26. The average Bonchev–Trinajstić information content (AvgIpc) is 2.34. The molecule has 1 unspecified atom stereocenters. The van der Waals surface area contributed by atoms with Gasteiger partial charge in [-0.15, -0.1) is 0 Å². The molecule has 4 nitrogen and oxygen atoms in total. The summed E-state index contributed by atoms with van der Waals surface area (Å²) < 4.78 is 4.81. The summed E-state index contributed by atoms with van der Waals surface area (Å²) in [7, 11) is 3.11. The number of hydrogen-bond donors (Lipinski definition) is 1. The molecule has 0 spiro atoms. The van der Waals surface area contributed by atoms with Crippen molar-refractivity contribution in [3.63, 3.8) is 0 Å². The van der Waals surface area contributed by atoms with Gasteiger partial charge in [0, 0.05) is 30.7 Å². The number of ether oxygens (including phenoxy) is 1. The van der Waals surface area contributed by atoms with Crippen molar-refractivity contribution in [2.24, 2.45) is 0 Å². The van der Waals surface area contributed by atoms with E-state index in [1.54, 1.807) is 25.2 Å². The maximum Gasteiger partial charge on any atom is 0.226 e. The summed E-state index contributed by atoms with van der Waals surface area (Å²) in [5.41, 5.74) is 0.601. The summed E-state index contributed by atoms with van der Waals surface area (Å²) >= 11 is 12.0. The fraction of sp³-hybridized carbons (Fsp3) is 0.462. The zero-order chi connectivity index (χ0) is 14.4. The van der Waals surface area contributed by atoms with Crippen molar-refractivity contribution < 1.29 is 14.6 Å². The number of amides is 1. The number of carbonyl (C=O) groups excluding carboxylic acids is 1. The Labute approximate surface area is 122 Å². The van der Waals surface area contributed by atoms with Crippen LogP contribution < -0.4 is 0 Å². The molecule has 0 saturated heterocycles. The van der Waals surface area contributed by atoms with Gasteiger partial charge in [0.25, 0.3) is 0 Å². The normalized spacial score (nSPS) is 12.3. The van der Waals surface area contributed by atoms with Crippen LogP contribution in [-0.2, 0) is 16.0 Å². The van der Waals surface area contributed by atoms with E-state index in [-0.39, 0.29) is 25.5 Å². The molecule has 0 radical (unpaired) electrons. The van der Waals surface area contributed by atoms with E-state index in [2.05, 4.69) is 0 Å². The van der Waals surface area contributed by atoms with Gasteiger partial charge in [-0.2, -0.15) is 0 Å². The first kappa shape index (κ1) is 16.2. The maximum absolute atomic E-state index is 12.0. The van der Waals surface area contributed by atoms with Gasteiger partial charge in [-0.25, -0.2) is 0 Å². The van der Waals surface area contributed by atoms with Gasteiger partial charge in [-0.3, -0.25) is 4.79 Å². The summed E-state index contributed by atoms with van der Waals surface area (Å²) in [6.07, 6.45) is -0.602. The minimum atomic E-state index is -0.708. The van der Waals surface area contributed by atoms with Crippen LogP contribution in [0.4, 0.5) is 0 Å². The Morgan fingerprint density at radius 3 is 2.53 bits per heavy atom. The molecule has 106 valence electrons. The Balaban J connectivity index is 2.64. The predicted molar refractivity (Wildman–Crippen MR) is 75.7 cm³/mol. The number of benzene rings is 1. The van der Waals surface area contributed by atoms with Crippen LogP contribution in [0.1, 0.15) is 5.56 Å². The van der Waals surface area contributed by atoms with Crippen molar-refractivity contribution in [2.75, 3.05) is 27.3 Å². The van der Waals surface area contributed by atoms with E-state index in [1.807, 2.05) is 0 Å². The average molecular weight is 306 g/mol. The fourth-order valence-electron chi connectivity index (χ4n) is 1.65. The highest BCUT2D eigenvalue weighted by Crippen LogP contribution is 2.25. The van der Waals surface area contributed by atoms with Crippen molar-refractivity contribution in [3.8, 4) is 0 Å². The van der Waals surface area contributed by atoms with Gasteiger partial charge in [-0.05, 0) is 17.7 Å². The number of hydrogen-bond acceptors (Lipinski definition) is 3. The molecule has 1 aromatic rings. The molecule has 1 amide bonds. The molecule has 0 saturated carbocycles. The van der Waals surface area contributed by atoms with Crippen LogP contribution in [0, 0.1) is 0 Å². The number of nitrogens with zero attached hydrogens (tertiary/aromatic N) is 1. The molecular weight excluding hydrogens is 289 g/mol. The standard InChI is InChI=1S/C13H17Cl2NO3/c1-16(7-9(17)8-19-2)13(18)6-10-11(14)4-3-5-12(10)15/h3-5,9,17H,6-8H2,1-2H3. The van der Waals surface area contributed by atoms with Crippen molar-refractivity contribution >= 4 is 29.1 Å². The van der Waals surface area contributed by atoms with Crippen LogP contribution in [0.5, 0.6) is 0 Å². The largest absolute Gasteiger partial charge is 0.389 e. The lowest BCUT2D eigenvalue weighted by Gasteiger charge is -2.21. The minimum Gasteiger partial charge on any atom is -0.389 e. The summed E-state index contributed by atoms with van der Waals surface area (Å²) in [5, 5.41) is 10.5. The Hall–Kier alpha value is -0.810. The van der Waals surface area contributed by atoms with Crippen molar-refractivity contribution in [1.82, 2.24) is 4.90 Å². The number of halogens is 2. The third-order valence-electron chi connectivity index (χ3n) is 2.66. The zero-order valence-corrected chi connectivity index (χ0v) is 12.4. The lowest BCUT2D eigenvalue weighted by molar-refractivity contribution is -0.130. The lowest BCUT2D eigenvalue weighted by atomic mass is 10.1. The van der Waals surface area contributed by atoms with Gasteiger partial charge >= 0.3 is 0 Å². The third-order valence-corrected chi connectivity index (χ3v) is 3.37. The summed E-state index contributed by atoms with van der Waals surface area (Å²) in [5.74, 6) is -0.162. The number of likely N-dealkylation sites (N-methyl/N-ethyl adjacent to an activating group) is 1. The van der Waals surface area contributed by atoms with Crippen molar-refractivity contribution in [2.45, 2.75) is 12.5 Å². The van der Waals surface area contributed by atoms with Crippen LogP contribution in [0.15, 0.2) is 18.2 Å². The SMILES string of the molecule is COCC(O)CN(C)C(=O)Cc1c(Cl)cccc1Cl. The predicted octanol–water partition coefficient (Wildman–Crippen LogP) is 2.00. The molecule has 6 heteroatoms. The van der Waals surface area contributed by atoms with Crippen LogP contribution in [0.2, 0.25) is 10.0 Å². The van der Waals surface area contributed by atoms with Gasteiger partial charge in [0.15, 0.2) is 0 Å².